The van der Waals surface area contributed by atoms with Gasteiger partial charge in [0.1, 0.15) is 12.3 Å². The number of methoxy groups -OCH3 is 1. The molecule has 0 aliphatic carbocycles. The number of hydrogen-bond acceptors (Lipinski definition) is 5. The van der Waals surface area contributed by atoms with Gasteiger partial charge in [0.2, 0.25) is 0 Å². The second-order valence-electron chi connectivity index (χ2n) is 5.21. The molecule has 1 heterocycles. The number of para-hydroxylation sites is 2. The first-order valence-corrected chi connectivity index (χ1v) is 6.94. The normalized spacial score (nSPS) is 10.7. The summed E-state index contributed by atoms with van der Waals surface area (Å²) in [6, 6.07) is 7.19. The summed E-state index contributed by atoms with van der Waals surface area (Å²) in [7, 11) is 1.55. The van der Waals surface area contributed by atoms with Gasteiger partial charge in [-0.25, -0.2) is 9.48 Å². The minimum absolute atomic E-state index is 0.0573. The first-order chi connectivity index (χ1) is 10.5. The summed E-state index contributed by atoms with van der Waals surface area (Å²) < 4.78 is 12.5. The Morgan fingerprint density at radius 2 is 2.00 bits per heavy atom. The molecular weight excluding hydrogens is 286 g/mol. The van der Waals surface area contributed by atoms with Crippen molar-refractivity contribution in [3.8, 4) is 11.5 Å². The molecule has 0 aliphatic rings. The highest BCUT2D eigenvalue weighted by atomic mass is 16.5. The van der Waals surface area contributed by atoms with Crippen molar-refractivity contribution < 1.29 is 19.4 Å². The van der Waals surface area contributed by atoms with Crippen LogP contribution in [0, 0.1) is 5.92 Å². The second-order valence-corrected chi connectivity index (χ2v) is 5.21. The fourth-order valence-electron chi connectivity index (χ4n) is 2.02. The first kappa shape index (κ1) is 15.8. The lowest BCUT2D eigenvalue weighted by atomic mass is 10.2. The molecule has 0 atom stereocenters. The van der Waals surface area contributed by atoms with E-state index in [9.17, 15) is 9.90 Å². The zero-order valence-electron chi connectivity index (χ0n) is 12.8. The van der Waals surface area contributed by atoms with Gasteiger partial charge in [-0.1, -0.05) is 31.2 Å². The Morgan fingerprint density at radius 3 is 2.59 bits per heavy atom. The van der Waals surface area contributed by atoms with Gasteiger partial charge >= 0.3 is 5.97 Å². The van der Waals surface area contributed by atoms with Gasteiger partial charge in [-0.15, -0.1) is 5.10 Å². The van der Waals surface area contributed by atoms with E-state index in [0.717, 1.165) is 0 Å². The van der Waals surface area contributed by atoms with Gasteiger partial charge in [-0.2, -0.15) is 0 Å². The second kappa shape index (κ2) is 6.93. The largest absolute Gasteiger partial charge is 0.493 e. The number of carboxylic acid groups (broad SMARTS) is 1. The molecule has 7 heteroatoms. The molecule has 0 aliphatic heterocycles. The van der Waals surface area contributed by atoms with Crippen LogP contribution in [0.4, 0.5) is 0 Å². The average molecular weight is 305 g/mol. The average Bonchev–Trinajstić information content (AvgIpc) is 2.87. The summed E-state index contributed by atoms with van der Waals surface area (Å²) in [5.41, 5.74) is 0.350. The van der Waals surface area contributed by atoms with Crippen molar-refractivity contribution in [2.75, 3.05) is 7.11 Å². The van der Waals surface area contributed by atoms with Crippen LogP contribution in [0.25, 0.3) is 0 Å². The predicted octanol–water partition coefficient (Wildman–Crippen LogP) is 2.22. The van der Waals surface area contributed by atoms with E-state index in [1.54, 1.807) is 23.9 Å². The van der Waals surface area contributed by atoms with Crippen molar-refractivity contribution in [2.45, 2.75) is 27.0 Å². The van der Waals surface area contributed by atoms with Crippen molar-refractivity contribution in [1.82, 2.24) is 15.0 Å². The number of rotatable bonds is 7. The molecule has 22 heavy (non-hydrogen) atoms. The highest BCUT2D eigenvalue weighted by Gasteiger charge is 2.20. The summed E-state index contributed by atoms with van der Waals surface area (Å²) in [4.78, 5) is 11.3. The standard InChI is InChI=1S/C15H19N3O4/c1-10(2)8-18-11(14(15(19)20)16-17-18)9-22-13-7-5-4-6-12(13)21-3/h4-7,10H,8-9H2,1-3H3,(H,19,20). The molecule has 0 amide bonds. The molecule has 2 aromatic rings. The molecule has 0 unspecified atom stereocenters. The molecule has 7 nitrogen and oxygen atoms in total. The maximum atomic E-state index is 11.3. The molecule has 1 aromatic heterocycles. The highest BCUT2D eigenvalue weighted by molar-refractivity contribution is 5.86. The third kappa shape index (κ3) is 3.55. The summed E-state index contributed by atoms with van der Waals surface area (Å²) in [6.07, 6.45) is 0. The molecule has 1 N–H and O–H groups in total. The smallest absolute Gasteiger partial charge is 0.358 e. The zero-order chi connectivity index (χ0) is 16.1. The molecule has 2 rings (SSSR count). The van der Waals surface area contributed by atoms with Crippen LogP contribution < -0.4 is 9.47 Å². The lowest BCUT2D eigenvalue weighted by Gasteiger charge is -2.12. The summed E-state index contributed by atoms with van der Waals surface area (Å²) in [5, 5.41) is 16.8. The van der Waals surface area contributed by atoms with Crippen molar-refractivity contribution in [2.24, 2.45) is 5.92 Å². The number of hydrogen-bond donors (Lipinski definition) is 1. The minimum atomic E-state index is -1.12. The van der Waals surface area contributed by atoms with Gasteiger partial charge in [0.15, 0.2) is 17.2 Å². The van der Waals surface area contributed by atoms with Gasteiger partial charge in [0.05, 0.1) is 7.11 Å². The SMILES string of the molecule is COc1ccccc1OCc1c(C(=O)O)nnn1CC(C)C. The number of aromatic nitrogens is 3. The molecular formula is C15H19N3O4. The van der Waals surface area contributed by atoms with Crippen LogP contribution in [0.5, 0.6) is 11.5 Å². The van der Waals surface area contributed by atoms with Crippen LogP contribution in [-0.4, -0.2) is 33.2 Å². The molecule has 118 valence electrons. The quantitative estimate of drug-likeness (QED) is 0.844. The summed E-state index contributed by atoms with van der Waals surface area (Å²) in [6.45, 7) is 4.67. The van der Waals surface area contributed by atoms with E-state index in [4.69, 9.17) is 9.47 Å². The van der Waals surface area contributed by atoms with Gasteiger partial charge in [-0.3, -0.25) is 0 Å². The van der Waals surface area contributed by atoms with E-state index in [0.29, 0.717) is 29.7 Å². The van der Waals surface area contributed by atoms with Crippen molar-refractivity contribution in [1.29, 1.82) is 0 Å². The number of carbonyl (C=O) groups is 1. The molecule has 1 aromatic carbocycles. The number of benzene rings is 1. The van der Waals surface area contributed by atoms with Crippen LogP contribution in [0.1, 0.15) is 30.0 Å². The predicted molar refractivity (Wildman–Crippen MR) is 79.1 cm³/mol. The van der Waals surface area contributed by atoms with E-state index in [1.807, 2.05) is 26.0 Å². The zero-order valence-corrected chi connectivity index (χ0v) is 12.8. The van der Waals surface area contributed by atoms with Crippen LogP contribution in [0.2, 0.25) is 0 Å². The number of nitrogens with zero attached hydrogens (tertiary/aromatic N) is 3. The summed E-state index contributed by atoms with van der Waals surface area (Å²) >= 11 is 0. The lowest BCUT2D eigenvalue weighted by Crippen LogP contribution is -2.14. The third-order valence-corrected chi connectivity index (χ3v) is 3.01. The van der Waals surface area contributed by atoms with E-state index in [1.165, 1.54) is 0 Å². The van der Waals surface area contributed by atoms with Gasteiger partial charge < -0.3 is 14.6 Å². The molecule has 0 fully saturated rings. The number of aromatic carboxylic acids is 1. The Morgan fingerprint density at radius 1 is 1.32 bits per heavy atom. The Bertz CT molecular complexity index is 652. The van der Waals surface area contributed by atoms with Crippen LogP contribution >= 0.6 is 0 Å². The van der Waals surface area contributed by atoms with E-state index in [-0.39, 0.29) is 12.3 Å². The van der Waals surface area contributed by atoms with Crippen LogP contribution in [0.15, 0.2) is 24.3 Å². The Balaban J connectivity index is 2.24. The van der Waals surface area contributed by atoms with Gasteiger partial charge in [0.25, 0.3) is 0 Å². The topological polar surface area (TPSA) is 86.5 Å². The maximum absolute atomic E-state index is 11.3. The van der Waals surface area contributed by atoms with E-state index < -0.39 is 5.97 Å². The van der Waals surface area contributed by atoms with Crippen LogP contribution in [0.3, 0.4) is 0 Å². The molecule has 0 bridgehead atoms. The third-order valence-electron chi connectivity index (χ3n) is 3.01. The molecule has 0 saturated carbocycles. The highest BCUT2D eigenvalue weighted by Crippen LogP contribution is 2.27. The van der Waals surface area contributed by atoms with E-state index >= 15 is 0 Å². The minimum Gasteiger partial charge on any atom is -0.493 e. The fourth-order valence-corrected chi connectivity index (χ4v) is 2.02. The number of ether oxygens (including phenoxy) is 2. The monoisotopic (exact) mass is 305 g/mol. The number of carboxylic acids is 1. The Hall–Kier alpha value is -2.57. The van der Waals surface area contributed by atoms with Crippen molar-refractivity contribution >= 4 is 5.97 Å². The Labute approximate surface area is 128 Å². The van der Waals surface area contributed by atoms with Crippen LogP contribution in [-0.2, 0) is 13.2 Å². The molecule has 0 radical (unpaired) electrons. The van der Waals surface area contributed by atoms with Crippen molar-refractivity contribution in [3.05, 3.63) is 35.7 Å². The van der Waals surface area contributed by atoms with Gasteiger partial charge in [-0.05, 0) is 18.1 Å². The fraction of sp³-hybridized carbons (Fsp3) is 0.400. The van der Waals surface area contributed by atoms with E-state index in [2.05, 4.69) is 10.3 Å². The molecule has 0 spiro atoms. The maximum Gasteiger partial charge on any atom is 0.358 e. The lowest BCUT2D eigenvalue weighted by molar-refractivity contribution is 0.0687. The van der Waals surface area contributed by atoms with Crippen molar-refractivity contribution in [3.63, 3.8) is 0 Å². The summed E-state index contributed by atoms with van der Waals surface area (Å²) in [5.74, 6) is 0.322. The molecule has 0 saturated heterocycles. The Kier molecular flexibility index (Phi) is 4.98. The van der Waals surface area contributed by atoms with Gasteiger partial charge in [0, 0.05) is 6.54 Å². The first-order valence-electron chi connectivity index (χ1n) is 6.94.